The maximum atomic E-state index is 10.7. The van der Waals surface area contributed by atoms with E-state index < -0.39 is 0 Å². The molecule has 0 fully saturated rings. The van der Waals surface area contributed by atoms with Crippen molar-refractivity contribution < 1.29 is 4.79 Å². The third-order valence-corrected chi connectivity index (χ3v) is 3.09. The highest BCUT2D eigenvalue weighted by Gasteiger charge is 2.10. The van der Waals surface area contributed by atoms with Crippen LogP contribution in [0.25, 0.3) is 11.4 Å². The van der Waals surface area contributed by atoms with Crippen molar-refractivity contribution in [1.29, 1.82) is 0 Å². The molecule has 1 amide bonds. The molecule has 0 radical (unpaired) electrons. The number of anilines is 3. The summed E-state index contributed by atoms with van der Waals surface area (Å²) >= 11 is 0. The first-order valence-corrected chi connectivity index (χ1v) is 6.97. The molecule has 0 atom stereocenters. The van der Waals surface area contributed by atoms with Crippen LogP contribution in [0.15, 0.2) is 30.3 Å². The Balaban J connectivity index is 1.87. The Hall–Kier alpha value is -3.29. The lowest BCUT2D eigenvalue weighted by molar-refractivity contribution is -0.105. The molecule has 0 spiro atoms. The predicted octanol–water partition coefficient (Wildman–Crippen LogP) is 2.19. The molecular weight excluding hydrogens is 294 g/mol. The number of nitrogens with one attached hydrogen (secondary N) is 3. The lowest BCUT2D eigenvalue weighted by Crippen LogP contribution is -2.01. The molecule has 0 saturated carbocycles. The highest BCUT2D eigenvalue weighted by Crippen LogP contribution is 2.25. The number of benzene rings is 1. The monoisotopic (exact) mass is 309 g/mol. The van der Waals surface area contributed by atoms with Gasteiger partial charge in [0.15, 0.2) is 5.82 Å². The molecule has 0 unspecified atom stereocenters. The summed E-state index contributed by atoms with van der Waals surface area (Å²) in [4.78, 5) is 23.6. The Morgan fingerprint density at radius 2 is 1.78 bits per heavy atom. The molecule has 0 aliphatic carbocycles. The summed E-state index contributed by atoms with van der Waals surface area (Å²) in [6.45, 7) is 3.79. The van der Waals surface area contributed by atoms with Gasteiger partial charge in [0.1, 0.15) is 0 Å². The van der Waals surface area contributed by atoms with E-state index in [0.29, 0.717) is 29.8 Å². The van der Waals surface area contributed by atoms with E-state index in [1.807, 2.05) is 38.1 Å². The van der Waals surface area contributed by atoms with Gasteiger partial charge in [-0.2, -0.15) is 4.98 Å². The Bertz CT molecular complexity index is 823. The number of carbonyl (C=O) groups is 1. The Morgan fingerprint density at radius 3 is 2.52 bits per heavy atom. The molecule has 0 saturated heterocycles. The van der Waals surface area contributed by atoms with Crippen molar-refractivity contribution in [3.63, 3.8) is 0 Å². The van der Waals surface area contributed by atoms with Gasteiger partial charge in [-0.15, -0.1) is 5.10 Å². The fraction of sp³-hybridized carbons (Fsp3) is 0.133. The van der Waals surface area contributed by atoms with E-state index in [1.165, 1.54) is 0 Å². The number of aromatic nitrogens is 5. The van der Waals surface area contributed by atoms with Crippen LogP contribution in [0.2, 0.25) is 0 Å². The van der Waals surface area contributed by atoms with Crippen molar-refractivity contribution in [3.8, 4) is 11.4 Å². The van der Waals surface area contributed by atoms with Crippen molar-refractivity contribution >= 4 is 24.0 Å². The summed E-state index contributed by atoms with van der Waals surface area (Å²) in [7, 11) is 0. The highest BCUT2D eigenvalue weighted by molar-refractivity contribution is 5.82. The number of para-hydroxylation sites is 1. The van der Waals surface area contributed by atoms with Gasteiger partial charge in [0.05, 0.1) is 5.69 Å². The lowest BCUT2D eigenvalue weighted by Gasteiger charge is -2.04. The Labute approximate surface area is 132 Å². The number of hydrogen-bond acceptors (Lipinski definition) is 6. The second-order valence-corrected chi connectivity index (χ2v) is 4.91. The van der Waals surface area contributed by atoms with Gasteiger partial charge < -0.3 is 5.32 Å². The van der Waals surface area contributed by atoms with E-state index in [4.69, 9.17) is 0 Å². The van der Waals surface area contributed by atoms with Gasteiger partial charge in [0.25, 0.3) is 0 Å². The number of aromatic amines is 1. The van der Waals surface area contributed by atoms with Gasteiger partial charge in [-0.1, -0.05) is 12.1 Å². The van der Waals surface area contributed by atoms with Crippen LogP contribution in [0.5, 0.6) is 0 Å². The van der Waals surface area contributed by atoms with Crippen molar-refractivity contribution in [1.82, 2.24) is 25.1 Å². The van der Waals surface area contributed by atoms with Crippen LogP contribution in [0.4, 0.5) is 17.6 Å². The zero-order chi connectivity index (χ0) is 16.2. The maximum absolute atomic E-state index is 10.7. The summed E-state index contributed by atoms with van der Waals surface area (Å²) in [6.07, 6.45) is 0.623. The molecule has 0 bridgehead atoms. The van der Waals surface area contributed by atoms with Crippen LogP contribution in [-0.4, -0.2) is 31.6 Å². The summed E-state index contributed by atoms with van der Waals surface area (Å²) in [5.74, 6) is 1.32. The number of hydrogen-bond donors (Lipinski definition) is 3. The SMILES string of the molecule is Cc1cc(C)nc(Nc2n[nH]c(-c3ccccc3NC=O)n2)n1. The number of aryl methyl sites for hydroxylation is 2. The quantitative estimate of drug-likeness (QED) is 0.623. The summed E-state index contributed by atoms with van der Waals surface area (Å²) in [5.41, 5.74) is 3.10. The minimum absolute atomic E-state index is 0.353. The number of nitrogens with zero attached hydrogens (tertiary/aromatic N) is 4. The molecule has 23 heavy (non-hydrogen) atoms. The molecular formula is C15H15N7O. The first kappa shape index (κ1) is 14.6. The third kappa shape index (κ3) is 3.31. The van der Waals surface area contributed by atoms with Crippen LogP contribution >= 0.6 is 0 Å². The van der Waals surface area contributed by atoms with E-state index in [1.54, 1.807) is 6.07 Å². The average Bonchev–Trinajstić information content (AvgIpc) is 2.95. The zero-order valence-corrected chi connectivity index (χ0v) is 12.7. The smallest absolute Gasteiger partial charge is 0.249 e. The maximum Gasteiger partial charge on any atom is 0.249 e. The summed E-state index contributed by atoms with van der Waals surface area (Å²) in [6, 6.07) is 9.19. The largest absolute Gasteiger partial charge is 0.328 e. The molecule has 3 N–H and O–H groups in total. The van der Waals surface area contributed by atoms with E-state index in [2.05, 4.69) is 35.8 Å². The normalized spacial score (nSPS) is 10.3. The molecule has 8 nitrogen and oxygen atoms in total. The summed E-state index contributed by atoms with van der Waals surface area (Å²) in [5, 5.41) is 12.5. The van der Waals surface area contributed by atoms with Gasteiger partial charge in [0.2, 0.25) is 18.3 Å². The number of H-pyrrole nitrogens is 1. The molecule has 8 heteroatoms. The van der Waals surface area contributed by atoms with Crippen molar-refractivity contribution in [2.24, 2.45) is 0 Å². The van der Waals surface area contributed by atoms with Gasteiger partial charge in [-0.3, -0.25) is 15.2 Å². The molecule has 116 valence electrons. The van der Waals surface area contributed by atoms with E-state index >= 15 is 0 Å². The highest BCUT2D eigenvalue weighted by atomic mass is 16.1. The zero-order valence-electron chi connectivity index (χ0n) is 12.7. The first-order chi connectivity index (χ1) is 11.2. The van der Waals surface area contributed by atoms with E-state index in [-0.39, 0.29) is 0 Å². The van der Waals surface area contributed by atoms with Crippen molar-refractivity contribution in [2.45, 2.75) is 13.8 Å². The van der Waals surface area contributed by atoms with E-state index in [0.717, 1.165) is 17.0 Å². The number of amides is 1. The number of carbonyl (C=O) groups excluding carboxylic acids is 1. The lowest BCUT2D eigenvalue weighted by atomic mass is 10.1. The standard InChI is InChI=1S/C15H15N7O/c1-9-7-10(2)18-14(17-9)20-15-19-13(21-22-15)11-5-3-4-6-12(11)16-8-23/h3-8H,1-2H3,(H,16,23)(H2,17,18,19,20,21,22). The summed E-state index contributed by atoms with van der Waals surface area (Å²) < 4.78 is 0. The molecule has 3 rings (SSSR count). The van der Waals surface area contributed by atoms with Crippen LogP contribution in [0.1, 0.15) is 11.4 Å². The predicted molar refractivity (Wildman–Crippen MR) is 86.3 cm³/mol. The topological polar surface area (TPSA) is 108 Å². The minimum atomic E-state index is 0.353. The van der Waals surface area contributed by atoms with Crippen LogP contribution in [0, 0.1) is 13.8 Å². The molecule has 1 aromatic carbocycles. The minimum Gasteiger partial charge on any atom is -0.328 e. The fourth-order valence-corrected chi connectivity index (χ4v) is 2.20. The molecule has 2 heterocycles. The van der Waals surface area contributed by atoms with Gasteiger partial charge in [-0.05, 0) is 32.0 Å². The van der Waals surface area contributed by atoms with Crippen LogP contribution in [-0.2, 0) is 4.79 Å². The molecule has 3 aromatic rings. The molecule has 0 aliphatic heterocycles. The third-order valence-electron chi connectivity index (χ3n) is 3.09. The van der Waals surface area contributed by atoms with Gasteiger partial charge in [-0.25, -0.2) is 9.97 Å². The van der Waals surface area contributed by atoms with E-state index in [9.17, 15) is 4.79 Å². The van der Waals surface area contributed by atoms with Crippen molar-refractivity contribution in [3.05, 3.63) is 41.7 Å². The van der Waals surface area contributed by atoms with Crippen LogP contribution in [0.3, 0.4) is 0 Å². The second-order valence-electron chi connectivity index (χ2n) is 4.91. The van der Waals surface area contributed by atoms with Crippen LogP contribution < -0.4 is 10.6 Å². The first-order valence-electron chi connectivity index (χ1n) is 6.97. The van der Waals surface area contributed by atoms with Gasteiger partial charge in [0, 0.05) is 17.0 Å². The fourth-order valence-electron chi connectivity index (χ4n) is 2.20. The molecule has 0 aliphatic rings. The Kier molecular flexibility index (Phi) is 3.96. The second kappa shape index (κ2) is 6.22. The Morgan fingerprint density at radius 1 is 1.04 bits per heavy atom. The van der Waals surface area contributed by atoms with Gasteiger partial charge >= 0.3 is 0 Å². The molecule has 2 aromatic heterocycles. The number of rotatable bonds is 5. The van der Waals surface area contributed by atoms with Crippen molar-refractivity contribution in [2.75, 3.05) is 10.6 Å². The average molecular weight is 309 g/mol.